The van der Waals surface area contributed by atoms with E-state index >= 15 is 0 Å². The molecule has 2 aliphatic rings. The number of nitrogens with two attached hydrogens (primary N) is 1. The molecule has 3 rings (SSSR count). The van der Waals surface area contributed by atoms with Crippen molar-refractivity contribution in [2.24, 2.45) is 11.7 Å². The Labute approximate surface area is 158 Å². The van der Waals surface area contributed by atoms with Crippen molar-refractivity contribution >= 4 is 23.4 Å². The molecule has 4 N–H and O–H groups in total. The van der Waals surface area contributed by atoms with Crippen molar-refractivity contribution in [2.75, 3.05) is 13.1 Å². The molecule has 7 heteroatoms. The van der Waals surface area contributed by atoms with Crippen LogP contribution in [-0.2, 0) is 9.59 Å². The van der Waals surface area contributed by atoms with Gasteiger partial charge in [0.2, 0.25) is 5.91 Å². The Balaban J connectivity index is 1.78. The molecule has 2 amide bonds. The Morgan fingerprint density at radius 2 is 1.81 bits per heavy atom. The zero-order valence-electron chi connectivity index (χ0n) is 14.5. The quantitative estimate of drug-likeness (QED) is 0.682. The first-order valence-corrected chi connectivity index (χ1v) is 9.28. The molecule has 1 aromatic carbocycles. The van der Waals surface area contributed by atoms with Gasteiger partial charge in [-0.2, -0.15) is 0 Å². The Morgan fingerprint density at radius 1 is 1.15 bits per heavy atom. The smallest absolute Gasteiger partial charge is 0.264 e. The van der Waals surface area contributed by atoms with Crippen LogP contribution >= 0.6 is 11.6 Å². The molecule has 0 bridgehead atoms. The number of carbonyl (C=O) groups is 2. The van der Waals surface area contributed by atoms with Crippen LogP contribution in [0.2, 0.25) is 5.02 Å². The lowest BCUT2D eigenvalue weighted by atomic mass is 9.86. The van der Waals surface area contributed by atoms with Crippen LogP contribution in [0.4, 0.5) is 0 Å². The Morgan fingerprint density at radius 3 is 2.46 bits per heavy atom. The van der Waals surface area contributed by atoms with Gasteiger partial charge >= 0.3 is 0 Å². The number of primary amides is 1. The molecule has 0 radical (unpaired) electrons. The molecule has 0 aromatic heterocycles. The zero-order chi connectivity index (χ0) is 18.6. The van der Waals surface area contributed by atoms with E-state index in [1.807, 2.05) is 12.2 Å². The first kappa shape index (κ1) is 18.7. The van der Waals surface area contributed by atoms with Gasteiger partial charge in [-0.1, -0.05) is 23.8 Å². The fraction of sp³-hybridized carbons (Fsp3) is 0.474. The van der Waals surface area contributed by atoms with Crippen LogP contribution in [0.5, 0.6) is 5.75 Å². The number of carbonyl (C=O) groups excluding carboxylic acids is 2. The van der Waals surface area contributed by atoms with E-state index < -0.39 is 17.4 Å². The SMILES string of the molecule is NC(=O)[C@@H]1CC=CC[C@@H]1NC(=O)C1(Oc2ccc(Cl)cc2)CCNCC1. The third-order valence-electron chi connectivity index (χ3n) is 5.07. The van der Waals surface area contributed by atoms with Crippen LogP contribution in [0.15, 0.2) is 36.4 Å². The van der Waals surface area contributed by atoms with Gasteiger partial charge in [0.25, 0.3) is 5.91 Å². The zero-order valence-corrected chi connectivity index (χ0v) is 15.3. The maximum Gasteiger partial charge on any atom is 0.264 e. The number of ether oxygens (including phenoxy) is 1. The van der Waals surface area contributed by atoms with Gasteiger partial charge in [0, 0.05) is 23.9 Å². The Bertz CT molecular complexity index is 684. The van der Waals surface area contributed by atoms with Gasteiger partial charge in [-0.15, -0.1) is 0 Å². The highest BCUT2D eigenvalue weighted by molar-refractivity contribution is 6.30. The molecule has 1 aliphatic carbocycles. The summed E-state index contributed by atoms with van der Waals surface area (Å²) < 4.78 is 6.15. The molecule has 1 heterocycles. The number of halogens is 1. The number of allylic oxidation sites excluding steroid dienone is 1. The van der Waals surface area contributed by atoms with E-state index in [4.69, 9.17) is 22.1 Å². The summed E-state index contributed by atoms with van der Waals surface area (Å²) in [6, 6.07) is 6.69. The van der Waals surface area contributed by atoms with E-state index in [0.29, 0.717) is 49.5 Å². The minimum absolute atomic E-state index is 0.194. The van der Waals surface area contributed by atoms with Crippen LogP contribution < -0.4 is 21.1 Å². The van der Waals surface area contributed by atoms with Crippen molar-refractivity contribution in [1.29, 1.82) is 0 Å². The summed E-state index contributed by atoms with van der Waals surface area (Å²) in [5, 5.41) is 6.89. The normalized spacial score (nSPS) is 24.7. The molecular formula is C19H24ClN3O3. The topological polar surface area (TPSA) is 93.5 Å². The van der Waals surface area contributed by atoms with E-state index in [-0.39, 0.29) is 11.9 Å². The minimum Gasteiger partial charge on any atom is -0.477 e. The standard InChI is InChI=1S/C19H24ClN3O3/c20-13-5-7-14(8-6-13)26-19(9-11-22-12-10-19)18(25)23-16-4-2-1-3-15(16)17(21)24/h1-2,5-8,15-16,22H,3-4,9-12H2,(H2,21,24)(H,23,25)/t15-,16+/m1/s1. The number of amides is 2. The average molecular weight is 378 g/mol. The lowest BCUT2D eigenvalue weighted by molar-refractivity contribution is -0.140. The molecule has 1 aliphatic heterocycles. The maximum atomic E-state index is 13.2. The summed E-state index contributed by atoms with van der Waals surface area (Å²) in [5.74, 6) is -0.377. The summed E-state index contributed by atoms with van der Waals surface area (Å²) in [5.41, 5.74) is 4.53. The van der Waals surface area contributed by atoms with Gasteiger partial charge in [-0.05, 0) is 50.2 Å². The van der Waals surface area contributed by atoms with Crippen molar-refractivity contribution in [3.8, 4) is 5.75 Å². The average Bonchev–Trinajstić information content (AvgIpc) is 2.64. The predicted octanol–water partition coefficient (Wildman–Crippen LogP) is 1.78. The van der Waals surface area contributed by atoms with Gasteiger partial charge in [-0.3, -0.25) is 9.59 Å². The summed E-state index contributed by atoms with van der Waals surface area (Å²) >= 11 is 5.93. The molecule has 0 unspecified atom stereocenters. The second-order valence-corrected chi connectivity index (χ2v) is 7.27. The summed E-state index contributed by atoms with van der Waals surface area (Å²) in [7, 11) is 0. The molecule has 1 fully saturated rings. The second-order valence-electron chi connectivity index (χ2n) is 6.83. The third kappa shape index (κ3) is 4.19. The number of hydrogen-bond acceptors (Lipinski definition) is 4. The van der Waals surface area contributed by atoms with Crippen LogP contribution in [0, 0.1) is 5.92 Å². The van der Waals surface area contributed by atoms with Gasteiger partial charge in [0.15, 0.2) is 5.60 Å². The highest BCUT2D eigenvalue weighted by Gasteiger charge is 2.44. The van der Waals surface area contributed by atoms with Crippen molar-refractivity contribution in [1.82, 2.24) is 10.6 Å². The van der Waals surface area contributed by atoms with Crippen molar-refractivity contribution in [2.45, 2.75) is 37.3 Å². The molecule has 1 aromatic rings. The predicted molar refractivity (Wildman–Crippen MR) is 99.9 cm³/mol. The Kier molecular flexibility index (Phi) is 5.84. The maximum absolute atomic E-state index is 13.2. The molecule has 1 saturated heterocycles. The first-order chi connectivity index (χ1) is 12.5. The molecule has 140 valence electrons. The summed E-state index contributed by atoms with van der Waals surface area (Å²) in [6.07, 6.45) is 6.14. The summed E-state index contributed by atoms with van der Waals surface area (Å²) in [4.78, 5) is 24.9. The fourth-order valence-electron chi connectivity index (χ4n) is 3.52. The van der Waals surface area contributed by atoms with Crippen LogP contribution in [0.1, 0.15) is 25.7 Å². The van der Waals surface area contributed by atoms with Gasteiger partial charge in [-0.25, -0.2) is 0 Å². The van der Waals surface area contributed by atoms with Crippen molar-refractivity contribution < 1.29 is 14.3 Å². The second kappa shape index (κ2) is 8.10. The van der Waals surface area contributed by atoms with Gasteiger partial charge in [0.05, 0.1) is 5.92 Å². The number of rotatable bonds is 5. The Hall–Kier alpha value is -2.05. The lowest BCUT2D eigenvalue weighted by Crippen LogP contribution is -2.60. The monoisotopic (exact) mass is 377 g/mol. The minimum atomic E-state index is -0.970. The number of piperidine rings is 1. The molecule has 6 nitrogen and oxygen atoms in total. The highest BCUT2D eigenvalue weighted by atomic mass is 35.5. The van der Waals surface area contributed by atoms with Crippen LogP contribution in [0.25, 0.3) is 0 Å². The molecule has 0 saturated carbocycles. The van der Waals surface area contributed by atoms with E-state index in [9.17, 15) is 9.59 Å². The fourth-order valence-corrected chi connectivity index (χ4v) is 3.65. The molecule has 0 spiro atoms. The molecular weight excluding hydrogens is 354 g/mol. The van der Waals surface area contributed by atoms with Gasteiger partial charge in [0.1, 0.15) is 5.75 Å². The largest absolute Gasteiger partial charge is 0.477 e. The van der Waals surface area contributed by atoms with Crippen LogP contribution in [0.3, 0.4) is 0 Å². The number of benzene rings is 1. The van der Waals surface area contributed by atoms with E-state index in [0.717, 1.165) is 0 Å². The molecule has 2 atom stereocenters. The lowest BCUT2D eigenvalue weighted by Gasteiger charge is -2.38. The number of hydrogen-bond donors (Lipinski definition) is 3. The molecule has 26 heavy (non-hydrogen) atoms. The third-order valence-corrected chi connectivity index (χ3v) is 5.32. The van der Waals surface area contributed by atoms with E-state index in [2.05, 4.69) is 10.6 Å². The van der Waals surface area contributed by atoms with Gasteiger partial charge < -0.3 is 21.1 Å². The first-order valence-electron chi connectivity index (χ1n) is 8.91. The van der Waals surface area contributed by atoms with Crippen molar-refractivity contribution in [3.05, 3.63) is 41.4 Å². The summed E-state index contributed by atoms with van der Waals surface area (Å²) in [6.45, 7) is 1.37. The van der Waals surface area contributed by atoms with E-state index in [1.165, 1.54) is 0 Å². The number of nitrogens with one attached hydrogen (secondary N) is 2. The highest BCUT2D eigenvalue weighted by Crippen LogP contribution is 2.29. The van der Waals surface area contributed by atoms with Crippen molar-refractivity contribution in [3.63, 3.8) is 0 Å². The van der Waals surface area contributed by atoms with E-state index in [1.54, 1.807) is 24.3 Å². The van der Waals surface area contributed by atoms with Crippen LogP contribution in [-0.4, -0.2) is 36.5 Å².